The van der Waals surface area contributed by atoms with Gasteiger partial charge >= 0.3 is 0 Å². The number of hydrogen-bond acceptors (Lipinski definition) is 7. The van der Waals surface area contributed by atoms with Crippen LogP contribution < -0.4 is 11.5 Å². The lowest BCUT2D eigenvalue weighted by atomic mass is 10.1. The number of nitrogens with zero attached hydrogens (tertiary/aromatic N) is 5. The second kappa shape index (κ2) is 53.2. The van der Waals surface area contributed by atoms with Gasteiger partial charge in [0.15, 0.2) is 0 Å². The van der Waals surface area contributed by atoms with Gasteiger partial charge in [-0.15, -0.1) is 0 Å². The molecule has 0 spiro atoms. The predicted octanol–water partition coefficient (Wildman–Crippen LogP) is 12.9. The van der Waals surface area contributed by atoms with Gasteiger partial charge in [0, 0.05) is 39.3 Å². The van der Waals surface area contributed by atoms with Gasteiger partial charge in [0.2, 0.25) is 35.9 Å². The lowest BCUT2D eigenvalue weighted by Crippen LogP contribution is -2.52. The Morgan fingerprint density at radius 2 is 0.514 bits per heavy atom. The maximum absolute atomic E-state index is 14.4. The summed E-state index contributed by atoms with van der Waals surface area (Å²) in [5, 5.41) is 0. The number of carbonyl (C=O) groups is 6. The van der Waals surface area contributed by atoms with E-state index in [1.165, 1.54) is 175 Å². The van der Waals surface area contributed by atoms with E-state index in [-0.39, 0.29) is 63.5 Å². The molecule has 0 radical (unpaired) electrons. The first-order valence-electron chi connectivity index (χ1n) is 31.4. The molecule has 0 aromatic rings. The third-order valence-electron chi connectivity index (χ3n) is 14.8. The zero-order chi connectivity index (χ0) is 54.5. The van der Waals surface area contributed by atoms with Gasteiger partial charge in [-0.25, -0.2) is 0 Å². The minimum atomic E-state index is -0.593. The summed E-state index contributed by atoms with van der Waals surface area (Å²) in [4.78, 5) is 88.7. The van der Waals surface area contributed by atoms with Crippen LogP contribution in [0.4, 0.5) is 0 Å². The van der Waals surface area contributed by atoms with Gasteiger partial charge in [-0.05, 0) is 25.7 Å². The molecule has 74 heavy (non-hydrogen) atoms. The summed E-state index contributed by atoms with van der Waals surface area (Å²) in [6.45, 7) is 9.72. The molecule has 4 N–H and O–H groups in total. The number of primary amides is 1. The van der Waals surface area contributed by atoms with Gasteiger partial charge in [0.1, 0.15) is 0 Å². The molecule has 0 aliphatic rings. The molecule has 434 valence electrons. The van der Waals surface area contributed by atoms with Crippen LogP contribution in [0.1, 0.15) is 285 Å². The highest BCUT2D eigenvalue weighted by Crippen LogP contribution is 2.16. The normalized spacial score (nSPS) is 11.2. The van der Waals surface area contributed by atoms with Crippen molar-refractivity contribution in [2.24, 2.45) is 11.5 Å². The second-order valence-corrected chi connectivity index (χ2v) is 21.8. The second-order valence-electron chi connectivity index (χ2n) is 21.8. The van der Waals surface area contributed by atoms with Gasteiger partial charge in [0.05, 0.1) is 32.7 Å². The van der Waals surface area contributed by atoms with Crippen LogP contribution in [0.15, 0.2) is 0 Å². The Kier molecular flexibility index (Phi) is 50.9. The monoisotopic (exact) mass is 1050 g/mol. The van der Waals surface area contributed by atoms with E-state index >= 15 is 0 Å². The number of carbonyl (C=O) groups excluding carboxylic acids is 6. The first-order valence-corrected chi connectivity index (χ1v) is 31.4. The van der Waals surface area contributed by atoms with Crippen LogP contribution in [-0.2, 0) is 28.8 Å². The number of rotatable bonds is 57. The molecule has 0 aromatic heterocycles. The van der Waals surface area contributed by atoms with E-state index < -0.39 is 11.8 Å². The molecular weight excluding hydrogens is 927 g/mol. The molecule has 6 amide bonds. The molecule has 13 heteroatoms. The number of amides is 6. The molecule has 0 bridgehead atoms. The van der Waals surface area contributed by atoms with Gasteiger partial charge in [-0.2, -0.15) is 0 Å². The fraction of sp³-hybridized carbons (Fsp3) is 0.902. The van der Waals surface area contributed by atoms with Crippen molar-refractivity contribution in [1.82, 2.24) is 24.5 Å². The summed E-state index contributed by atoms with van der Waals surface area (Å²) in [5.74, 6) is -1.96. The molecule has 0 aliphatic heterocycles. The molecule has 0 saturated carbocycles. The molecule has 0 aliphatic carbocycles. The molecule has 0 unspecified atom stereocenters. The van der Waals surface area contributed by atoms with Gasteiger partial charge in [0.25, 0.3) is 0 Å². The van der Waals surface area contributed by atoms with E-state index in [1.54, 1.807) is 9.80 Å². The fourth-order valence-electron chi connectivity index (χ4n) is 9.92. The zero-order valence-electron chi connectivity index (χ0n) is 49.0. The van der Waals surface area contributed by atoms with E-state index in [2.05, 4.69) is 27.7 Å². The summed E-state index contributed by atoms with van der Waals surface area (Å²) in [5.41, 5.74) is 11.7. The number of unbranched alkanes of at least 4 members (excludes halogenated alkanes) is 36. The van der Waals surface area contributed by atoms with Gasteiger partial charge in [-0.1, -0.05) is 259 Å². The zero-order valence-corrected chi connectivity index (χ0v) is 49.0. The SMILES string of the molecule is CCCCCCCCCCCCN(C=O)CC(=O)N(CCCCCCCCCCCC)CC(=O)N(CCN)CC(=O)N(CCCCCCCCCCCC)CC(=O)N(CCCCCCCCCCCC)CC(N)=O. The van der Waals surface area contributed by atoms with Crippen LogP contribution in [0.25, 0.3) is 0 Å². The van der Waals surface area contributed by atoms with E-state index in [0.29, 0.717) is 32.6 Å². The minimum absolute atomic E-state index is 0.0997. The lowest BCUT2D eigenvalue weighted by molar-refractivity contribution is -0.147. The predicted molar refractivity (Wildman–Crippen MR) is 310 cm³/mol. The third kappa shape index (κ3) is 42.9. The molecule has 0 rings (SSSR count). The molecular formula is C61H119N7O6. The average molecular weight is 1050 g/mol. The maximum atomic E-state index is 14.4. The molecule has 0 aromatic carbocycles. The Bertz CT molecular complexity index is 1350. The average Bonchev–Trinajstić information content (AvgIpc) is 3.38. The van der Waals surface area contributed by atoms with Crippen LogP contribution in [-0.4, -0.2) is 132 Å². The van der Waals surface area contributed by atoms with Crippen molar-refractivity contribution in [3.8, 4) is 0 Å². The quantitative estimate of drug-likeness (QED) is 0.0451. The highest BCUT2D eigenvalue weighted by atomic mass is 16.2. The molecule has 13 nitrogen and oxygen atoms in total. The Hall–Kier alpha value is -3.22. The van der Waals surface area contributed by atoms with Crippen LogP contribution >= 0.6 is 0 Å². The van der Waals surface area contributed by atoms with Gasteiger partial charge < -0.3 is 36.0 Å². The van der Waals surface area contributed by atoms with Crippen LogP contribution in [0.5, 0.6) is 0 Å². The molecule has 0 fully saturated rings. The summed E-state index contributed by atoms with van der Waals surface area (Å²) >= 11 is 0. The highest BCUT2D eigenvalue weighted by Gasteiger charge is 2.27. The lowest BCUT2D eigenvalue weighted by Gasteiger charge is -2.31. The van der Waals surface area contributed by atoms with E-state index in [1.807, 2.05) is 0 Å². The van der Waals surface area contributed by atoms with Crippen molar-refractivity contribution >= 4 is 35.9 Å². The third-order valence-corrected chi connectivity index (χ3v) is 14.8. The smallest absolute Gasteiger partial charge is 0.242 e. The van der Waals surface area contributed by atoms with Crippen molar-refractivity contribution in [3.05, 3.63) is 0 Å². The van der Waals surface area contributed by atoms with Gasteiger partial charge in [-0.3, -0.25) is 28.8 Å². The molecule has 0 saturated heterocycles. The number of nitrogens with two attached hydrogens (primary N) is 2. The van der Waals surface area contributed by atoms with Crippen molar-refractivity contribution in [1.29, 1.82) is 0 Å². The summed E-state index contributed by atoms with van der Waals surface area (Å²) in [6, 6.07) is 0. The van der Waals surface area contributed by atoms with E-state index in [9.17, 15) is 28.8 Å². The Balaban J connectivity index is 5.98. The fourth-order valence-corrected chi connectivity index (χ4v) is 9.92. The summed E-state index contributed by atoms with van der Waals surface area (Å²) in [6.07, 6.45) is 46.6. The van der Waals surface area contributed by atoms with Crippen LogP contribution in [0.2, 0.25) is 0 Å². The Morgan fingerprint density at radius 3 is 0.757 bits per heavy atom. The minimum Gasteiger partial charge on any atom is -0.368 e. The maximum Gasteiger partial charge on any atom is 0.242 e. The van der Waals surface area contributed by atoms with Crippen LogP contribution in [0, 0.1) is 0 Å². The molecule has 0 atom stereocenters. The van der Waals surface area contributed by atoms with E-state index in [4.69, 9.17) is 11.5 Å². The summed E-state index contributed by atoms with van der Waals surface area (Å²) in [7, 11) is 0. The highest BCUT2D eigenvalue weighted by molar-refractivity contribution is 5.91. The van der Waals surface area contributed by atoms with Crippen LogP contribution in [0.3, 0.4) is 0 Å². The first kappa shape index (κ1) is 70.8. The van der Waals surface area contributed by atoms with Crippen molar-refractivity contribution in [2.75, 3.05) is 72.0 Å². The first-order chi connectivity index (χ1) is 36.1. The topological polar surface area (TPSA) is 171 Å². The van der Waals surface area contributed by atoms with Crippen molar-refractivity contribution in [2.45, 2.75) is 285 Å². The van der Waals surface area contributed by atoms with E-state index in [0.717, 1.165) is 96.3 Å². The Morgan fingerprint density at radius 1 is 0.297 bits per heavy atom. The standard InChI is InChI=1S/C61H119N7O6/c1-5-9-13-17-21-25-29-33-37-41-46-64(56-69)52-58(71)66(48-43-39-35-31-27-23-19-15-11-7-3)54-61(74)68(50-45-62)55-60(73)67(49-44-40-36-32-28-24-20-16-12-8-4)53-59(72)65(51-57(63)70)47-42-38-34-30-26-22-18-14-10-6-2/h56H,5-55,62H2,1-4H3,(H2,63,70). The van der Waals surface area contributed by atoms with Crippen molar-refractivity contribution in [3.63, 3.8) is 0 Å². The summed E-state index contributed by atoms with van der Waals surface area (Å²) < 4.78 is 0. The molecule has 0 heterocycles. The Labute approximate surface area is 455 Å². The largest absolute Gasteiger partial charge is 0.368 e. The number of hydrogen-bond donors (Lipinski definition) is 2. The van der Waals surface area contributed by atoms with Crippen molar-refractivity contribution < 1.29 is 28.8 Å².